The lowest BCUT2D eigenvalue weighted by Gasteiger charge is -2.04. The van der Waals surface area contributed by atoms with Gasteiger partial charge in [0.05, 0.1) is 23.9 Å². The quantitative estimate of drug-likeness (QED) is 0.512. The van der Waals surface area contributed by atoms with E-state index in [9.17, 15) is 9.59 Å². The van der Waals surface area contributed by atoms with E-state index >= 15 is 0 Å². The van der Waals surface area contributed by atoms with Crippen molar-refractivity contribution < 1.29 is 18.7 Å². The molecule has 8 heteroatoms. The number of ether oxygens (including phenoxy) is 1. The number of halogens is 1. The fourth-order valence-electron chi connectivity index (χ4n) is 1.68. The van der Waals surface area contributed by atoms with Crippen molar-refractivity contribution in [1.82, 2.24) is 5.43 Å². The molecule has 2 aromatic rings. The number of nitrogens with zero attached hydrogens (tertiary/aromatic N) is 1. The molecule has 0 atom stereocenters. The van der Waals surface area contributed by atoms with Crippen molar-refractivity contribution in [3.05, 3.63) is 46.7 Å². The van der Waals surface area contributed by atoms with Gasteiger partial charge in [0.2, 0.25) is 0 Å². The lowest BCUT2D eigenvalue weighted by molar-refractivity contribution is 0.0601. The van der Waals surface area contributed by atoms with Gasteiger partial charge in [0.25, 0.3) is 0 Å². The Balaban J connectivity index is 2.26. The second kappa shape index (κ2) is 6.77. The van der Waals surface area contributed by atoms with Crippen LogP contribution in [0.3, 0.4) is 0 Å². The van der Waals surface area contributed by atoms with Crippen molar-refractivity contribution >= 4 is 29.8 Å². The van der Waals surface area contributed by atoms with E-state index in [0.717, 1.165) is 0 Å². The van der Waals surface area contributed by atoms with Crippen LogP contribution in [0.25, 0.3) is 11.3 Å². The molecule has 22 heavy (non-hydrogen) atoms. The minimum absolute atomic E-state index is 0.240. The van der Waals surface area contributed by atoms with Crippen LogP contribution in [-0.2, 0) is 4.74 Å². The molecule has 1 heterocycles. The Kier molecular flexibility index (Phi) is 4.80. The maximum absolute atomic E-state index is 11.6. The van der Waals surface area contributed by atoms with E-state index in [1.54, 1.807) is 30.3 Å². The topological polar surface area (TPSA) is 107 Å². The second-order valence-corrected chi connectivity index (χ2v) is 4.53. The zero-order chi connectivity index (χ0) is 16.1. The largest absolute Gasteiger partial charge is 0.465 e. The van der Waals surface area contributed by atoms with Gasteiger partial charge in [-0.3, -0.25) is 0 Å². The summed E-state index contributed by atoms with van der Waals surface area (Å²) >= 11 is 5.96. The third kappa shape index (κ3) is 3.64. The van der Waals surface area contributed by atoms with E-state index in [1.807, 2.05) is 0 Å². The predicted octanol–water partition coefficient (Wildman–Crippen LogP) is 2.39. The van der Waals surface area contributed by atoms with Crippen molar-refractivity contribution in [2.24, 2.45) is 10.8 Å². The Labute approximate surface area is 130 Å². The summed E-state index contributed by atoms with van der Waals surface area (Å²) in [7, 11) is 1.28. The highest BCUT2D eigenvalue weighted by molar-refractivity contribution is 6.33. The molecule has 0 aliphatic carbocycles. The summed E-state index contributed by atoms with van der Waals surface area (Å²) in [5.41, 5.74) is 7.81. The average molecular weight is 322 g/mol. The van der Waals surface area contributed by atoms with Crippen LogP contribution in [0.4, 0.5) is 4.79 Å². The summed E-state index contributed by atoms with van der Waals surface area (Å²) in [6.45, 7) is 0. The number of urea groups is 1. The molecule has 0 bridgehead atoms. The van der Waals surface area contributed by atoms with Gasteiger partial charge in [-0.15, -0.1) is 0 Å². The number of nitrogens with one attached hydrogen (secondary N) is 1. The molecule has 7 nitrogen and oxygen atoms in total. The van der Waals surface area contributed by atoms with E-state index in [1.165, 1.54) is 13.3 Å². The number of benzene rings is 1. The lowest BCUT2D eigenvalue weighted by atomic mass is 10.1. The van der Waals surface area contributed by atoms with E-state index < -0.39 is 12.0 Å². The fourth-order valence-corrected chi connectivity index (χ4v) is 1.88. The van der Waals surface area contributed by atoms with E-state index in [4.69, 9.17) is 21.8 Å². The minimum atomic E-state index is -0.775. The third-order valence-electron chi connectivity index (χ3n) is 2.65. The second-order valence-electron chi connectivity index (χ2n) is 4.12. The van der Waals surface area contributed by atoms with Gasteiger partial charge in [0.1, 0.15) is 11.5 Å². The minimum Gasteiger partial charge on any atom is -0.465 e. The monoisotopic (exact) mass is 321 g/mol. The number of rotatable bonds is 4. The highest BCUT2D eigenvalue weighted by atomic mass is 35.5. The number of hydrogen-bond donors (Lipinski definition) is 2. The zero-order valence-electron chi connectivity index (χ0n) is 11.5. The molecule has 0 aliphatic heterocycles. The fraction of sp³-hybridized carbons (Fsp3) is 0.0714. The highest BCUT2D eigenvalue weighted by Crippen LogP contribution is 2.27. The Morgan fingerprint density at radius 2 is 2.14 bits per heavy atom. The highest BCUT2D eigenvalue weighted by Gasteiger charge is 2.13. The van der Waals surface area contributed by atoms with Crippen LogP contribution in [0.15, 0.2) is 39.9 Å². The number of furan rings is 1. The van der Waals surface area contributed by atoms with Crippen LogP contribution in [0.5, 0.6) is 0 Å². The van der Waals surface area contributed by atoms with Gasteiger partial charge in [0, 0.05) is 5.56 Å². The molecule has 0 radical (unpaired) electrons. The van der Waals surface area contributed by atoms with Crippen LogP contribution in [0.2, 0.25) is 5.02 Å². The standard InChI is InChI=1S/C14H12ClN3O4/c1-21-13(19)10-6-8(2-4-11(10)15)12-5-3-9(22-12)7-17-18-14(16)20/h2-7H,1H3,(H3,16,18,20). The molecular formula is C14H12ClN3O4. The van der Waals surface area contributed by atoms with E-state index in [2.05, 4.69) is 15.3 Å². The molecular weight excluding hydrogens is 310 g/mol. The van der Waals surface area contributed by atoms with Crippen LogP contribution in [0, 0.1) is 0 Å². The van der Waals surface area contributed by atoms with Gasteiger partial charge in [-0.05, 0) is 30.3 Å². The van der Waals surface area contributed by atoms with Gasteiger partial charge in [-0.2, -0.15) is 5.10 Å². The lowest BCUT2D eigenvalue weighted by Crippen LogP contribution is -2.24. The van der Waals surface area contributed by atoms with Gasteiger partial charge in [-0.25, -0.2) is 15.0 Å². The number of primary amides is 1. The van der Waals surface area contributed by atoms with E-state index in [-0.39, 0.29) is 10.6 Å². The number of nitrogens with two attached hydrogens (primary N) is 1. The van der Waals surface area contributed by atoms with Crippen molar-refractivity contribution in [1.29, 1.82) is 0 Å². The summed E-state index contributed by atoms with van der Waals surface area (Å²) in [5, 5.41) is 3.87. The number of esters is 1. The molecule has 0 unspecified atom stereocenters. The molecule has 2 amide bonds. The molecule has 2 rings (SSSR count). The Morgan fingerprint density at radius 3 is 2.82 bits per heavy atom. The summed E-state index contributed by atoms with van der Waals surface area (Å²) in [6.07, 6.45) is 1.30. The summed E-state index contributed by atoms with van der Waals surface area (Å²) in [4.78, 5) is 22.1. The van der Waals surface area contributed by atoms with Crippen molar-refractivity contribution in [3.63, 3.8) is 0 Å². The molecule has 0 saturated heterocycles. The first kappa shape index (κ1) is 15.6. The van der Waals surface area contributed by atoms with Gasteiger partial charge < -0.3 is 14.9 Å². The Morgan fingerprint density at radius 1 is 1.36 bits per heavy atom. The molecule has 1 aromatic carbocycles. The Hall–Kier alpha value is -2.80. The average Bonchev–Trinajstić information content (AvgIpc) is 2.95. The summed E-state index contributed by atoms with van der Waals surface area (Å²) in [5.74, 6) is 0.367. The maximum Gasteiger partial charge on any atom is 0.339 e. The van der Waals surface area contributed by atoms with Crippen LogP contribution in [-0.4, -0.2) is 25.3 Å². The van der Waals surface area contributed by atoms with Crippen molar-refractivity contribution in [2.45, 2.75) is 0 Å². The first-order valence-electron chi connectivity index (χ1n) is 6.08. The summed E-state index contributed by atoms with van der Waals surface area (Å²) in [6, 6.07) is 7.41. The molecule has 1 aromatic heterocycles. The molecule has 0 fully saturated rings. The number of hydrazone groups is 1. The van der Waals surface area contributed by atoms with Gasteiger partial charge in [0.15, 0.2) is 0 Å². The molecule has 3 N–H and O–H groups in total. The number of carbonyl (C=O) groups excluding carboxylic acids is 2. The molecule has 0 spiro atoms. The maximum atomic E-state index is 11.6. The normalized spacial score (nSPS) is 10.6. The van der Waals surface area contributed by atoms with Crippen LogP contribution < -0.4 is 11.2 Å². The number of carbonyl (C=O) groups is 2. The first-order valence-corrected chi connectivity index (χ1v) is 6.45. The van der Waals surface area contributed by atoms with Crippen molar-refractivity contribution in [2.75, 3.05) is 7.11 Å². The van der Waals surface area contributed by atoms with Crippen LogP contribution >= 0.6 is 11.6 Å². The first-order chi connectivity index (χ1) is 10.5. The van der Waals surface area contributed by atoms with Gasteiger partial charge >= 0.3 is 12.0 Å². The van der Waals surface area contributed by atoms with Crippen LogP contribution in [0.1, 0.15) is 16.1 Å². The summed E-state index contributed by atoms with van der Waals surface area (Å²) < 4.78 is 10.2. The molecule has 114 valence electrons. The predicted molar refractivity (Wildman–Crippen MR) is 80.8 cm³/mol. The van der Waals surface area contributed by atoms with E-state index in [0.29, 0.717) is 17.1 Å². The smallest absolute Gasteiger partial charge is 0.339 e. The SMILES string of the molecule is COC(=O)c1cc(-c2ccc(C=NNC(N)=O)o2)ccc1Cl. The number of amides is 2. The Bertz CT molecular complexity index is 739. The molecule has 0 aliphatic rings. The van der Waals surface area contributed by atoms with Gasteiger partial charge in [-0.1, -0.05) is 11.6 Å². The number of hydrogen-bond acceptors (Lipinski definition) is 5. The van der Waals surface area contributed by atoms with Crippen molar-refractivity contribution in [3.8, 4) is 11.3 Å². The zero-order valence-corrected chi connectivity index (χ0v) is 12.3. The molecule has 0 saturated carbocycles. The number of methoxy groups -OCH3 is 1. The third-order valence-corrected chi connectivity index (χ3v) is 2.98.